The number of aliphatic hydroxyl groups is 1. The van der Waals surface area contributed by atoms with E-state index in [-0.39, 0.29) is 6.04 Å². The molecule has 3 N–H and O–H groups in total. The molecule has 1 rings (SSSR count). The molecule has 15 heavy (non-hydrogen) atoms. The van der Waals surface area contributed by atoms with Gasteiger partial charge in [-0.25, -0.2) is 0 Å². The Bertz CT molecular complexity index is 294. The van der Waals surface area contributed by atoms with Crippen molar-refractivity contribution in [3.63, 3.8) is 0 Å². The van der Waals surface area contributed by atoms with Gasteiger partial charge >= 0.3 is 0 Å². The van der Waals surface area contributed by atoms with Crippen LogP contribution in [0.5, 0.6) is 0 Å². The summed E-state index contributed by atoms with van der Waals surface area (Å²) in [5.41, 5.74) is 5.90. The van der Waals surface area contributed by atoms with Gasteiger partial charge in [0.1, 0.15) is 11.5 Å². The topological polar surface area (TPSA) is 59.4 Å². The van der Waals surface area contributed by atoms with Gasteiger partial charge in [0.2, 0.25) is 0 Å². The molecule has 0 amide bonds. The lowest BCUT2D eigenvalue weighted by Gasteiger charge is -2.19. The number of nitrogens with two attached hydrogens (primary N) is 1. The second-order valence-corrected chi connectivity index (χ2v) is 4.58. The number of aryl methyl sites for hydroxylation is 1. The van der Waals surface area contributed by atoms with Crippen LogP contribution in [0.3, 0.4) is 0 Å². The molecule has 0 aliphatic rings. The summed E-state index contributed by atoms with van der Waals surface area (Å²) in [7, 11) is 0. The minimum atomic E-state index is -0.449. The van der Waals surface area contributed by atoms with Crippen molar-refractivity contribution in [2.24, 2.45) is 11.7 Å². The summed E-state index contributed by atoms with van der Waals surface area (Å²) in [6.45, 7) is 6.06. The van der Waals surface area contributed by atoms with Crippen molar-refractivity contribution in [2.45, 2.75) is 45.8 Å². The third-order valence-electron chi connectivity index (χ3n) is 2.44. The molecule has 0 fully saturated rings. The van der Waals surface area contributed by atoms with Crippen molar-refractivity contribution >= 4 is 0 Å². The van der Waals surface area contributed by atoms with E-state index < -0.39 is 6.10 Å². The first kappa shape index (κ1) is 12.3. The predicted molar refractivity (Wildman–Crippen MR) is 60.6 cm³/mol. The zero-order valence-corrected chi connectivity index (χ0v) is 9.73. The van der Waals surface area contributed by atoms with Gasteiger partial charge in [-0.05, 0) is 31.4 Å². The fourth-order valence-corrected chi connectivity index (χ4v) is 1.62. The second-order valence-electron chi connectivity index (χ2n) is 4.58. The first-order valence-electron chi connectivity index (χ1n) is 5.48. The molecule has 3 heteroatoms. The van der Waals surface area contributed by atoms with Gasteiger partial charge in [-0.3, -0.25) is 0 Å². The van der Waals surface area contributed by atoms with Gasteiger partial charge in [-0.2, -0.15) is 0 Å². The summed E-state index contributed by atoms with van der Waals surface area (Å²) in [4.78, 5) is 0. The van der Waals surface area contributed by atoms with Gasteiger partial charge in [0.25, 0.3) is 0 Å². The van der Waals surface area contributed by atoms with Crippen LogP contribution in [0.4, 0.5) is 0 Å². The Kier molecular flexibility index (Phi) is 4.36. The van der Waals surface area contributed by atoms with E-state index in [0.717, 1.165) is 17.9 Å². The van der Waals surface area contributed by atoms with Gasteiger partial charge in [0.15, 0.2) is 0 Å². The molecule has 86 valence electrons. The molecule has 1 aromatic rings. The summed E-state index contributed by atoms with van der Waals surface area (Å²) in [5, 5.41) is 9.79. The van der Waals surface area contributed by atoms with Crippen molar-refractivity contribution in [1.29, 1.82) is 0 Å². The van der Waals surface area contributed by atoms with Crippen molar-refractivity contribution in [2.75, 3.05) is 0 Å². The maximum absolute atomic E-state index is 9.79. The summed E-state index contributed by atoms with van der Waals surface area (Å²) >= 11 is 0. The average molecular weight is 211 g/mol. The average Bonchev–Trinajstić information content (AvgIpc) is 2.50. The zero-order chi connectivity index (χ0) is 11.4. The largest absolute Gasteiger partial charge is 0.466 e. The fraction of sp³-hybridized carbons (Fsp3) is 0.667. The van der Waals surface area contributed by atoms with E-state index in [2.05, 4.69) is 13.8 Å². The van der Waals surface area contributed by atoms with E-state index in [4.69, 9.17) is 10.2 Å². The van der Waals surface area contributed by atoms with E-state index in [1.165, 1.54) is 0 Å². The first-order valence-corrected chi connectivity index (χ1v) is 5.48. The van der Waals surface area contributed by atoms with Gasteiger partial charge in [0, 0.05) is 12.5 Å². The van der Waals surface area contributed by atoms with E-state index in [1.807, 2.05) is 19.1 Å². The van der Waals surface area contributed by atoms with Gasteiger partial charge in [-0.1, -0.05) is 13.8 Å². The zero-order valence-electron chi connectivity index (χ0n) is 9.73. The number of furan rings is 1. The number of rotatable bonds is 5. The molecular weight excluding hydrogens is 190 g/mol. The van der Waals surface area contributed by atoms with E-state index in [9.17, 15) is 5.11 Å². The van der Waals surface area contributed by atoms with Crippen LogP contribution in [0.1, 0.15) is 31.8 Å². The molecular formula is C12H21NO2. The molecule has 0 aliphatic carbocycles. The highest BCUT2D eigenvalue weighted by Gasteiger charge is 2.17. The molecule has 2 atom stereocenters. The minimum Gasteiger partial charge on any atom is -0.466 e. The molecule has 0 aromatic carbocycles. The Hall–Kier alpha value is -0.800. The highest BCUT2D eigenvalue weighted by Crippen LogP contribution is 2.13. The molecule has 1 heterocycles. The Morgan fingerprint density at radius 1 is 1.40 bits per heavy atom. The lowest BCUT2D eigenvalue weighted by molar-refractivity contribution is 0.118. The Balaban J connectivity index is 2.44. The molecule has 1 aromatic heterocycles. The number of hydrogen-bond donors (Lipinski definition) is 2. The van der Waals surface area contributed by atoms with Crippen LogP contribution in [-0.2, 0) is 6.42 Å². The van der Waals surface area contributed by atoms with E-state index >= 15 is 0 Å². The number of hydrogen-bond acceptors (Lipinski definition) is 3. The van der Waals surface area contributed by atoms with Crippen molar-refractivity contribution in [3.8, 4) is 0 Å². The van der Waals surface area contributed by atoms with Crippen LogP contribution < -0.4 is 5.73 Å². The van der Waals surface area contributed by atoms with Crippen LogP contribution in [0.25, 0.3) is 0 Å². The summed E-state index contributed by atoms with van der Waals surface area (Å²) < 4.78 is 5.42. The molecule has 0 radical (unpaired) electrons. The maximum Gasteiger partial charge on any atom is 0.105 e. The maximum atomic E-state index is 9.79. The SMILES string of the molecule is Cc1ccc(CC(N)C(O)CC(C)C)o1. The molecule has 0 saturated carbocycles. The van der Waals surface area contributed by atoms with Crippen LogP contribution in [0, 0.1) is 12.8 Å². The second kappa shape index (κ2) is 5.33. The lowest BCUT2D eigenvalue weighted by atomic mass is 9.98. The van der Waals surface area contributed by atoms with Gasteiger partial charge in [0.05, 0.1) is 6.10 Å². The monoisotopic (exact) mass is 211 g/mol. The molecule has 2 unspecified atom stereocenters. The van der Waals surface area contributed by atoms with Crippen LogP contribution >= 0.6 is 0 Å². The van der Waals surface area contributed by atoms with Crippen molar-refractivity contribution in [3.05, 3.63) is 23.7 Å². The van der Waals surface area contributed by atoms with Crippen molar-refractivity contribution < 1.29 is 9.52 Å². The highest BCUT2D eigenvalue weighted by molar-refractivity contribution is 5.07. The Morgan fingerprint density at radius 2 is 2.07 bits per heavy atom. The van der Waals surface area contributed by atoms with E-state index in [1.54, 1.807) is 0 Å². The Morgan fingerprint density at radius 3 is 2.53 bits per heavy atom. The smallest absolute Gasteiger partial charge is 0.105 e. The molecule has 0 bridgehead atoms. The summed E-state index contributed by atoms with van der Waals surface area (Å²) in [6, 6.07) is 3.59. The van der Waals surface area contributed by atoms with Crippen LogP contribution in [0.15, 0.2) is 16.5 Å². The highest BCUT2D eigenvalue weighted by atomic mass is 16.3. The van der Waals surface area contributed by atoms with Gasteiger partial charge in [-0.15, -0.1) is 0 Å². The number of aliphatic hydroxyl groups excluding tert-OH is 1. The van der Waals surface area contributed by atoms with Gasteiger partial charge < -0.3 is 15.3 Å². The minimum absolute atomic E-state index is 0.238. The summed E-state index contributed by atoms with van der Waals surface area (Å²) in [6.07, 6.45) is 0.887. The first-order chi connectivity index (χ1) is 6.99. The molecule has 0 spiro atoms. The van der Waals surface area contributed by atoms with E-state index in [0.29, 0.717) is 12.3 Å². The fourth-order valence-electron chi connectivity index (χ4n) is 1.62. The van der Waals surface area contributed by atoms with Crippen LogP contribution in [-0.4, -0.2) is 17.3 Å². The lowest BCUT2D eigenvalue weighted by Crippen LogP contribution is -2.37. The Labute approximate surface area is 91.3 Å². The third-order valence-corrected chi connectivity index (χ3v) is 2.44. The molecule has 0 aliphatic heterocycles. The quantitative estimate of drug-likeness (QED) is 0.781. The third kappa shape index (κ3) is 4.06. The molecule has 3 nitrogen and oxygen atoms in total. The van der Waals surface area contributed by atoms with Crippen LogP contribution in [0.2, 0.25) is 0 Å². The normalized spacial score (nSPS) is 15.6. The summed E-state index contributed by atoms with van der Waals surface area (Å²) in [5.74, 6) is 2.20. The van der Waals surface area contributed by atoms with Crippen molar-refractivity contribution in [1.82, 2.24) is 0 Å². The molecule has 0 saturated heterocycles. The predicted octanol–water partition coefficient (Wildman–Crippen LogP) is 1.86. The standard InChI is InChI=1S/C12H21NO2/c1-8(2)6-12(14)11(13)7-10-5-4-9(3)15-10/h4-5,8,11-12,14H,6-7,13H2,1-3H3.